The van der Waals surface area contributed by atoms with Crippen LogP contribution in [-0.2, 0) is 10.8 Å². The zero-order valence-electron chi connectivity index (χ0n) is 33.4. The van der Waals surface area contributed by atoms with Gasteiger partial charge in [-0.05, 0) is 116 Å². The molecular weight excluding hydrogens is 707 g/mol. The maximum atomic E-state index is 6.72. The van der Waals surface area contributed by atoms with E-state index >= 15 is 0 Å². The summed E-state index contributed by atoms with van der Waals surface area (Å²) in [6.45, 7) is 11.5. The number of furan rings is 2. The molecule has 10 aromatic rings. The van der Waals surface area contributed by atoms with Gasteiger partial charge in [0.15, 0.2) is 0 Å². The minimum absolute atomic E-state index is 0.100. The van der Waals surface area contributed by atoms with Crippen molar-refractivity contribution in [2.24, 2.45) is 0 Å². The SMILES string of the molecule is CC(C)(C)c1ccc(-c2ccc3c(c2)oc2cccc(N(c4ccc5c(c4)C(C)(C)c4ccc(-c6ccccc6)cc4-5)c4ccc5c(c4)oc4ccccc45)c23)cc1. The molecule has 1 aliphatic rings. The molecule has 3 nitrogen and oxygen atoms in total. The molecule has 0 amide bonds. The lowest BCUT2D eigenvalue weighted by atomic mass is 9.82. The predicted octanol–water partition coefficient (Wildman–Crippen LogP) is 15.9. The van der Waals surface area contributed by atoms with Crippen LogP contribution in [0, 0.1) is 0 Å². The molecule has 280 valence electrons. The summed E-state index contributed by atoms with van der Waals surface area (Å²) in [6, 6.07) is 61.5. The van der Waals surface area contributed by atoms with Crippen molar-refractivity contribution in [3.05, 3.63) is 187 Å². The summed E-state index contributed by atoms with van der Waals surface area (Å²) in [5, 5.41) is 4.38. The second-order valence-electron chi connectivity index (χ2n) is 17.4. The molecule has 1 aliphatic carbocycles. The van der Waals surface area contributed by atoms with E-state index in [-0.39, 0.29) is 10.8 Å². The second kappa shape index (κ2) is 12.6. The molecule has 0 atom stereocenters. The molecule has 2 aromatic heterocycles. The van der Waals surface area contributed by atoms with E-state index in [1.54, 1.807) is 0 Å². The van der Waals surface area contributed by atoms with Crippen molar-refractivity contribution >= 4 is 60.9 Å². The third-order valence-electron chi connectivity index (χ3n) is 12.4. The van der Waals surface area contributed by atoms with E-state index in [9.17, 15) is 0 Å². The number of hydrogen-bond acceptors (Lipinski definition) is 3. The van der Waals surface area contributed by atoms with E-state index in [2.05, 4.69) is 197 Å². The number of benzene rings is 8. The summed E-state index contributed by atoms with van der Waals surface area (Å²) in [6.07, 6.45) is 0. The van der Waals surface area contributed by atoms with Gasteiger partial charge in [0.1, 0.15) is 22.3 Å². The van der Waals surface area contributed by atoms with Crippen LogP contribution in [0.4, 0.5) is 17.1 Å². The fourth-order valence-electron chi connectivity index (χ4n) is 9.31. The number of nitrogens with zero attached hydrogens (tertiary/aromatic N) is 1. The summed E-state index contributed by atoms with van der Waals surface area (Å²) in [5.41, 5.74) is 17.9. The highest BCUT2D eigenvalue weighted by molar-refractivity contribution is 6.14. The van der Waals surface area contributed by atoms with E-state index in [1.165, 1.54) is 44.5 Å². The molecule has 0 saturated heterocycles. The first-order valence-electron chi connectivity index (χ1n) is 20.2. The van der Waals surface area contributed by atoms with Crippen molar-refractivity contribution in [2.45, 2.75) is 45.4 Å². The van der Waals surface area contributed by atoms with Crippen molar-refractivity contribution in [1.82, 2.24) is 0 Å². The topological polar surface area (TPSA) is 29.5 Å². The van der Waals surface area contributed by atoms with Crippen molar-refractivity contribution in [3.8, 4) is 33.4 Å². The molecule has 8 aromatic carbocycles. The van der Waals surface area contributed by atoms with Crippen molar-refractivity contribution in [1.29, 1.82) is 0 Å². The Bertz CT molecular complexity index is 3230. The number of hydrogen-bond donors (Lipinski definition) is 0. The van der Waals surface area contributed by atoms with Crippen LogP contribution in [0.3, 0.4) is 0 Å². The minimum atomic E-state index is -0.194. The van der Waals surface area contributed by atoms with Gasteiger partial charge in [-0.1, -0.05) is 138 Å². The predicted molar refractivity (Wildman–Crippen MR) is 243 cm³/mol. The third kappa shape index (κ3) is 5.34. The van der Waals surface area contributed by atoms with Crippen LogP contribution in [0.2, 0.25) is 0 Å². The van der Waals surface area contributed by atoms with Crippen molar-refractivity contribution in [2.75, 3.05) is 4.90 Å². The Balaban J connectivity index is 1.09. The van der Waals surface area contributed by atoms with E-state index in [4.69, 9.17) is 8.83 Å². The van der Waals surface area contributed by atoms with Crippen LogP contribution in [0.1, 0.15) is 51.3 Å². The van der Waals surface area contributed by atoms with Crippen LogP contribution in [0.5, 0.6) is 0 Å². The Morgan fingerprint density at radius 2 is 1.05 bits per heavy atom. The summed E-state index contributed by atoms with van der Waals surface area (Å²) in [7, 11) is 0. The normalized spacial score (nSPS) is 13.4. The van der Waals surface area contributed by atoms with Crippen LogP contribution in [0.15, 0.2) is 179 Å². The first-order valence-corrected chi connectivity index (χ1v) is 20.2. The standard InChI is InChI=1S/C55H43NO2/c1-54(2,3)38-22-18-35(19-23-38)37-20-26-44-51(31-37)58-50-17-11-15-48(53(44)50)56(40-25-28-43-42-14-9-10-16-49(42)57-52(43)33-40)39-24-27-41-45-30-36(34-12-7-6-8-13-34)21-29-46(45)55(4,5)47(41)32-39/h6-33H,1-5H3. The van der Waals surface area contributed by atoms with E-state index in [1.807, 2.05) is 12.1 Å². The molecule has 0 fully saturated rings. The van der Waals surface area contributed by atoms with Crippen molar-refractivity contribution < 1.29 is 8.83 Å². The Labute approximate surface area is 338 Å². The average Bonchev–Trinajstić information content (AvgIpc) is 3.88. The maximum absolute atomic E-state index is 6.72. The largest absolute Gasteiger partial charge is 0.456 e. The van der Waals surface area contributed by atoms with Gasteiger partial charge in [-0.15, -0.1) is 0 Å². The van der Waals surface area contributed by atoms with Gasteiger partial charge in [0.05, 0.1) is 11.1 Å². The highest BCUT2D eigenvalue weighted by atomic mass is 16.3. The first-order chi connectivity index (χ1) is 28.1. The molecule has 0 saturated carbocycles. The van der Waals surface area contributed by atoms with Gasteiger partial charge in [0.25, 0.3) is 0 Å². The zero-order valence-corrected chi connectivity index (χ0v) is 33.4. The third-order valence-corrected chi connectivity index (χ3v) is 12.4. The smallest absolute Gasteiger partial charge is 0.137 e. The number of para-hydroxylation sites is 1. The molecule has 0 aliphatic heterocycles. The summed E-state index contributed by atoms with van der Waals surface area (Å²) in [5.74, 6) is 0. The Morgan fingerprint density at radius 3 is 1.88 bits per heavy atom. The number of fused-ring (bicyclic) bond motifs is 9. The minimum Gasteiger partial charge on any atom is -0.456 e. The molecule has 0 bridgehead atoms. The van der Waals surface area contributed by atoms with Gasteiger partial charge < -0.3 is 13.7 Å². The highest BCUT2D eigenvalue weighted by Gasteiger charge is 2.36. The summed E-state index contributed by atoms with van der Waals surface area (Å²) in [4.78, 5) is 2.39. The van der Waals surface area contributed by atoms with Crippen LogP contribution >= 0.6 is 0 Å². The molecule has 3 heteroatoms. The van der Waals surface area contributed by atoms with Crippen LogP contribution in [-0.4, -0.2) is 0 Å². The Morgan fingerprint density at radius 1 is 0.431 bits per heavy atom. The lowest BCUT2D eigenvalue weighted by Crippen LogP contribution is -2.16. The van der Waals surface area contributed by atoms with Gasteiger partial charge in [-0.25, -0.2) is 0 Å². The Kier molecular flexibility index (Phi) is 7.46. The Hall–Kier alpha value is -6.84. The van der Waals surface area contributed by atoms with E-state index < -0.39 is 0 Å². The first kappa shape index (κ1) is 34.4. The molecule has 11 rings (SSSR count). The molecule has 0 spiro atoms. The van der Waals surface area contributed by atoms with E-state index in [0.29, 0.717) is 0 Å². The fourth-order valence-corrected chi connectivity index (χ4v) is 9.31. The lowest BCUT2D eigenvalue weighted by molar-refractivity contribution is 0.590. The molecule has 0 unspecified atom stereocenters. The van der Waals surface area contributed by atoms with E-state index in [0.717, 1.165) is 66.5 Å². The fraction of sp³-hybridized carbons (Fsp3) is 0.127. The van der Waals surface area contributed by atoms with Gasteiger partial charge in [-0.2, -0.15) is 0 Å². The quantitative estimate of drug-likeness (QED) is 0.175. The van der Waals surface area contributed by atoms with Gasteiger partial charge in [-0.3, -0.25) is 0 Å². The summed E-state index contributed by atoms with van der Waals surface area (Å²) >= 11 is 0. The highest BCUT2D eigenvalue weighted by Crippen LogP contribution is 2.52. The maximum Gasteiger partial charge on any atom is 0.137 e. The van der Waals surface area contributed by atoms with Crippen LogP contribution in [0.25, 0.3) is 77.3 Å². The summed E-state index contributed by atoms with van der Waals surface area (Å²) < 4.78 is 13.2. The number of rotatable bonds is 5. The van der Waals surface area contributed by atoms with Gasteiger partial charge >= 0.3 is 0 Å². The van der Waals surface area contributed by atoms with Crippen LogP contribution < -0.4 is 4.90 Å². The molecule has 2 heterocycles. The van der Waals surface area contributed by atoms with Gasteiger partial charge in [0, 0.05) is 39.0 Å². The average molecular weight is 750 g/mol. The second-order valence-corrected chi connectivity index (χ2v) is 17.4. The molecule has 0 radical (unpaired) electrons. The lowest BCUT2D eigenvalue weighted by Gasteiger charge is -2.28. The molecular formula is C55H43NO2. The monoisotopic (exact) mass is 749 g/mol. The van der Waals surface area contributed by atoms with Gasteiger partial charge in [0.2, 0.25) is 0 Å². The van der Waals surface area contributed by atoms with Crippen molar-refractivity contribution in [3.63, 3.8) is 0 Å². The zero-order chi connectivity index (χ0) is 39.3. The molecule has 58 heavy (non-hydrogen) atoms. The number of anilines is 3. The molecule has 0 N–H and O–H groups in total.